The quantitative estimate of drug-likeness (QED) is 0.569. The summed E-state index contributed by atoms with van der Waals surface area (Å²) < 4.78 is 5.38. The topological polar surface area (TPSA) is 104 Å². The fraction of sp³-hybridized carbons (Fsp3) is 0.600. The van der Waals surface area contributed by atoms with E-state index in [1.807, 2.05) is 6.07 Å². The van der Waals surface area contributed by atoms with E-state index < -0.39 is 18.3 Å². The molecule has 22 heavy (non-hydrogen) atoms. The molecule has 0 saturated carbocycles. The number of aliphatic hydroxyl groups excluding tert-OH is 2. The Bertz CT molecular complexity index is 552. The van der Waals surface area contributed by atoms with Crippen LogP contribution in [0.4, 0.5) is 0 Å². The number of carbonyl (C=O) groups is 1. The minimum Gasteiger partial charge on any atom is -0.390 e. The molecule has 3 unspecified atom stereocenters. The van der Waals surface area contributed by atoms with Gasteiger partial charge in [-0.3, -0.25) is 4.79 Å². The lowest BCUT2D eigenvalue weighted by Crippen LogP contribution is -2.50. The van der Waals surface area contributed by atoms with Gasteiger partial charge in [0.2, 0.25) is 0 Å². The molecule has 7 heteroatoms. The molecule has 0 radical (unpaired) electrons. The summed E-state index contributed by atoms with van der Waals surface area (Å²) >= 11 is 0. The van der Waals surface area contributed by atoms with Gasteiger partial charge in [-0.2, -0.15) is 0 Å². The van der Waals surface area contributed by atoms with Gasteiger partial charge in [-0.25, -0.2) is 4.98 Å². The first-order chi connectivity index (χ1) is 10.6. The summed E-state index contributed by atoms with van der Waals surface area (Å²) in [4.78, 5) is 16.6. The van der Waals surface area contributed by atoms with Crippen molar-refractivity contribution in [3.8, 4) is 0 Å². The molecule has 1 aromatic heterocycles. The Kier molecular flexibility index (Phi) is 4.68. The molecule has 120 valence electrons. The highest BCUT2D eigenvalue weighted by Gasteiger charge is 2.31. The maximum Gasteiger partial charge on any atom is 0.269 e. The van der Waals surface area contributed by atoms with E-state index in [1.165, 1.54) is 0 Å². The SMILES string of the molecule is O=C(NCC1OCCC(O)C1O)c1ccc2c(n1)CCNC2. The zero-order valence-electron chi connectivity index (χ0n) is 12.3. The predicted octanol–water partition coefficient (Wildman–Crippen LogP) is -1.03. The van der Waals surface area contributed by atoms with Crippen LogP contribution in [0.25, 0.3) is 0 Å². The van der Waals surface area contributed by atoms with Crippen LogP contribution in [0.2, 0.25) is 0 Å². The van der Waals surface area contributed by atoms with Crippen molar-refractivity contribution in [1.82, 2.24) is 15.6 Å². The number of aromatic nitrogens is 1. The first-order valence-corrected chi connectivity index (χ1v) is 7.60. The number of aliphatic hydroxyl groups is 2. The molecule has 2 aliphatic heterocycles. The van der Waals surface area contributed by atoms with Crippen molar-refractivity contribution >= 4 is 5.91 Å². The van der Waals surface area contributed by atoms with Crippen LogP contribution in [0.15, 0.2) is 12.1 Å². The molecule has 0 aromatic carbocycles. The van der Waals surface area contributed by atoms with Crippen molar-refractivity contribution in [2.24, 2.45) is 0 Å². The molecule has 0 aliphatic carbocycles. The van der Waals surface area contributed by atoms with Crippen LogP contribution < -0.4 is 10.6 Å². The van der Waals surface area contributed by atoms with Gasteiger partial charge in [0.15, 0.2) is 0 Å². The van der Waals surface area contributed by atoms with Gasteiger partial charge in [-0.1, -0.05) is 6.07 Å². The Balaban J connectivity index is 1.60. The number of fused-ring (bicyclic) bond motifs is 1. The van der Waals surface area contributed by atoms with E-state index in [4.69, 9.17) is 4.74 Å². The number of amides is 1. The van der Waals surface area contributed by atoms with Crippen molar-refractivity contribution in [2.75, 3.05) is 19.7 Å². The summed E-state index contributed by atoms with van der Waals surface area (Å²) in [5.74, 6) is -0.294. The lowest BCUT2D eigenvalue weighted by atomic mass is 10.0. The van der Waals surface area contributed by atoms with Crippen molar-refractivity contribution in [1.29, 1.82) is 0 Å². The minimum absolute atomic E-state index is 0.150. The number of hydrogen-bond donors (Lipinski definition) is 4. The fourth-order valence-electron chi connectivity index (χ4n) is 2.78. The number of ether oxygens (including phenoxy) is 1. The third kappa shape index (κ3) is 3.27. The number of nitrogens with zero attached hydrogens (tertiary/aromatic N) is 1. The second kappa shape index (κ2) is 6.70. The summed E-state index contributed by atoms with van der Waals surface area (Å²) in [6.07, 6.45) is -1.14. The average Bonchev–Trinajstić information content (AvgIpc) is 2.55. The van der Waals surface area contributed by atoms with Crippen molar-refractivity contribution in [3.05, 3.63) is 29.1 Å². The number of nitrogens with one attached hydrogen (secondary N) is 2. The van der Waals surface area contributed by atoms with Crippen LogP contribution in [-0.4, -0.2) is 59.1 Å². The van der Waals surface area contributed by atoms with Crippen LogP contribution in [0.3, 0.4) is 0 Å². The van der Waals surface area contributed by atoms with Crippen molar-refractivity contribution < 1.29 is 19.7 Å². The zero-order valence-corrected chi connectivity index (χ0v) is 12.3. The molecule has 3 rings (SSSR count). The Morgan fingerprint density at radius 1 is 1.45 bits per heavy atom. The van der Waals surface area contributed by atoms with E-state index in [-0.39, 0.29) is 12.5 Å². The second-order valence-corrected chi connectivity index (χ2v) is 5.69. The zero-order chi connectivity index (χ0) is 15.5. The highest BCUT2D eigenvalue weighted by atomic mass is 16.5. The van der Waals surface area contributed by atoms with Crippen LogP contribution >= 0.6 is 0 Å². The van der Waals surface area contributed by atoms with E-state index in [2.05, 4.69) is 15.6 Å². The maximum atomic E-state index is 12.2. The second-order valence-electron chi connectivity index (χ2n) is 5.69. The van der Waals surface area contributed by atoms with E-state index >= 15 is 0 Å². The molecule has 3 heterocycles. The molecule has 7 nitrogen and oxygen atoms in total. The largest absolute Gasteiger partial charge is 0.390 e. The normalized spacial score (nSPS) is 28.0. The van der Waals surface area contributed by atoms with Crippen LogP contribution in [0, 0.1) is 0 Å². The molecule has 1 amide bonds. The molecule has 1 fully saturated rings. The van der Waals surface area contributed by atoms with Gasteiger partial charge in [0.05, 0.1) is 6.10 Å². The standard InChI is InChI=1S/C15H21N3O4/c19-12-4-6-22-13(14(12)20)8-17-15(21)11-2-1-9-7-16-5-3-10(9)18-11/h1-2,12-14,16,19-20H,3-8H2,(H,17,21). The summed E-state index contributed by atoms with van der Waals surface area (Å²) in [7, 11) is 0. The maximum absolute atomic E-state index is 12.2. The van der Waals surface area contributed by atoms with Gasteiger partial charge in [0.1, 0.15) is 17.9 Å². The molecule has 2 aliphatic rings. The lowest BCUT2D eigenvalue weighted by molar-refractivity contribution is -0.132. The lowest BCUT2D eigenvalue weighted by Gasteiger charge is -2.32. The summed E-state index contributed by atoms with van der Waals surface area (Å²) in [6, 6.07) is 3.62. The van der Waals surface area contributed by atoms with Gasteiger partial charge in [-0.15, -0.1) is 0 Å². The summed E-state index contributed by atoms with van der Waals surface area (Å²) in [6.45, 7) is 2.18. The molecule has 1 aromatic rings. The van der Waals surface area contributed by atoms with Crippen molar-refractivity contribution in [3.63, 3.8) is 0 Å². The molecule has 0 spiro atoms. The number of rotatable bonds is 3. The molecular formula is C15H21N3O4. The van der Waals surface area contributed by atoms with E-state index in [0.717, 1.165) is 30.8 Å². The van der Waals surface area contributed by atoms with Gasteiger partial charge >= 0.3 is 0 Å². The monoisotopic (exact) mass is 307 g/mol. The van der Waals surface area contributed by atoms with Gasteiger partial charge in [-0.05, 0) is 18.1 Å². The van der Waals surface area contributed by atoms with Gasteiger partial charge in [0, 0.05) is 38.4 Å². The van der Waals surface area contributed by atoms with E-state index in [0.29, 0.717) is 18.7 Å². The van der Waals surface area contributed by atoms with Gasteiger partial charge in [0.25, 0.3) is 5.91 Å². The Morgan fingerprint density at radius 3 is 3.18 bits per heavy atom. The van der Waals surface area contributed by atoms with Crippen molar-refractivity contribution in [2.45, 2.75) is 37.7 Å². The fourth-order valence-corrected chi connectivity index (χ4v) is 2.78. The smallest absolute Gasteiger partial charge is 0.269 e. The number of pyridine rings is 1. The summed E-state index contributed by atoms with van der Waals surface area (Å²) in [5.41, 5.74) is 2.44. The highest BCUT2D eigenvalue weighted by molar-refractivity contribution is 5.92. The molecule has 1 saturated heterocycles. The number of hydrogen-bond acceptors (Lipinski definition) is 6. The molecule has 0 bridgehead atoms. The Labute approximate surface area is 128 Å². The predicted molar refractivity (Wildman–Crippen MR) is 78.4 cm³/mol. The molecule has 4 N–H and O–H groups in total. The van der Waals surface area contributed by atoms with Gasteiger partial charge < -0.3 is 25.6 Å². The summed E-state index contributed by atoms with van der Waals surface area (Å²) in [5, 5.41) is 25.4. The molecular weight excluding hydrogens is 286 g/mol. The third-order valence-electron chi connectivity index (χ3n) is 4.14. The third-order valence-corrected chi connectivity index (χ3v) is 4.14. The van der Waals surface area contributed by atoms with E-state index in [9.17, 15) is 15.0 Å². The van der Waals surface area contributed by atoms with Crippen LogP contribution in [0.5, 0.6) is 0 Å². The first-order valence-electron chi connectivity index (χ1n) is 7.60. The Hall–Kier alpha value is -1.54. The first kappa shape index (κ1) is 15.4. The molecule has 3 atom stereocenters. The van der Waals surface area contributed by atoms with Crippen LogP contribution in [0.1, 0.15) is 28.2 Å². The highest BCUT2D eigenvalue weighted by Crippen LogP contribution is 2.15. The average molecular weight is 307 g/mol. The minimum atomic E-state index is -0.975. The van der Waals surface area contributed by atoms with Crippen LogP contribution in [-0.2, 0) is 17.7 Å². The van der Waals surface area contributed by atoms with E-state index in [1.54, 1.807) is 6.07 Å². The number of carbonyl (C=O) groups excluding carboxylic acids is 1. The Morgan fingerprint density at radius 2 is 2.32 bits per heavy atom.